The summed E-state index contributed by atoms with van der Waals surface area (Å²) in [6.07, 6.45) is 1.54. The molecule has 0 amide bonds. The second-order valence-electron chi connectivity index (χ2n) is 5.34. The van der Waals surface area contributed by atoms with E-state index in [9.17, 15) is 4.79 Å². The topological polar surface area (TPSA) is 77.5 Å². The summed E-state index contributed by atoms with van der Waals surface area (Å²) in [7, 11) is 0. The molecule has 0 aliphatic heterocycles. The first-order valence-electron chi connectivity index (χ1n) is 6.14. The molecule has 0 saturated heterocycles. The Kier molecular flexibility index (Phi) is 3.48. The first-order chi connectivity index (χ1) is 8.85. The summed E-state index contributed by atoms with van der Waals surface area (Å²) in [5.74, 6) is 0.330. The standard InChI is InChI=1S/C14H18N2O3/c1-14(2,15)6-8-16-7-5-10-9-11(19-13(17)18)3-4-12(10)16/h3-5,7,9H,6,8,15H2,1-2H3,(H,17,18). The number of rotatable bonds is 4. The van der Waals surface area contributed by atoms with Crippen molar-refractivity contribution < 1.29 is 14.6 Å². The van der Waals surface area contributed by atoms with E-state index in [-0.39, 0.29) is 5.54 Å². The monoisotopic (exact) mass is 262 g/mol. The molecule has 0 bridgehead atoms. The lowest BCUT2D eigenvalue weighted by molar-refractivity contribution is 0.144. The van der Waals surface area contributed by atoms with E-state index >= 15 is 0 Å². The van der Waals surface area contributed by atoms with Gasteiger partial charge in [-0.2, -0.15) is 0 Å². The van der Waals surface area contributed by atoms with Gasteiger partial charge in [0.25, 0.3) is 0 Å². The molecule has 0 atom stereocenters. The number of aromatic nitrogens is 1. The number of nitrogens with zero attached hydrogens (tertiary/aromatic N) is 1. The van der Waals surface area contributed by atoms with Gasteiger partial charge in [0.2, 0.25) is 0 Å². The zero-order valence-corrected chi connectivity index (χ0v) is 11.1. The third-order valence-corrected chi connectivity index (χ3v) is 2.94. The molecule has 1 aromatic carbocycles. The Morgan fingerprint density at radius 3 is 2.79 bits per heavy atom. The Labute approximate surface area is 111 Å². The van der Waals surface area contributed by atoms with Crippen molar-refractivity contribution in [1.82, 2.24) is 4.57 Å². The van der Waals surface area contributed by atoms with Gasteiger partial charge >= 0.3 is 6.16 Å². The number of benzene rings is 1. The molecule has 0 spiro atoms. The minimum Gasteiger partial charge on any atom is -0.449 e. The quantitative estimate of drug-likeness (QED) is 0.656. The number of ether oxygens (including phenoxy) is 1. The molecule has 0 radical (unpaired) electrons. The Morgan fingerprint density at radius 2 is 2.16 bits per heavy atom. The van der Waals surface area contributed by atoms with Crippen LogP contribution in [-0.4, -0.2) is 21.4 Å². The van der Waals surface area contributed by atoms with Crippen LogP contribution >= 0.6 is 0 Å². The zero-order chi connectivity index (χ0) is 14.0. The van der Waals surface area contributed by atoms with Gasteiger partial charge in [0.05, 0.1) is 0 Å². The molecule has 1 aromatic heterocycles. The summed E-state index contributed by atoms with van der Waals surface area (Å²) in [5.41, 5.74) is 6.81. The summed E-state index contributed by atoms with van der Waals surface area (Å²) in [5, 5.41) is 9.53. The van der Waals surface area contributed by atoms with Crippen molar-refractivity contribution in [2.24, 2.45) is 5.73 Å². The molecule has 102 valence electrons. The first-order valence-corrected chi connectivity index (χ1v) is 6.14. The number of carbonyl (C=O) groups is 1. The van der Waals surface area contributed by atoms with Gasteiger partial charge in [-0.05, 0) is 44.5 Å². The molecule has 0 saturated carbocycles. The normalized spacial score (nSPS) is 11.7. The lowest BCUT2D eigenvalue weighted by Crippen LogP contribution is -2.33. The van der Waals surface area contributed by atoms with Gasteiger partial charge in [0.1, 0.15) is 5.75 Å². The Balaban J connectivity index is 2.22. The first kappa shape index (κ1) is 13.4. The maximum atomic E-state index is 10.5. The number of hydrogen-bond donors (Lipinski definition) is 2. The Morgan fingerprint density at radius 1 is 1.42 bits per heavy atom. The van der Waals surface area contributed by atoms with Crippen molar-refractivity contribution in [3.8, 4) is 5.75 Å². The third kappa shape index (κ3) is 3.48. The Bertz CT molecular complexity index is 596. The van der Waals surface area contributed by atoms with E-state index in [2.05, 4.69) is 9.30 Å². The van der Waals surface area contributed by atoms with Gasteiger partial charge in [-0.25, -0.2) is 4.79 Å². The maximum Gasteiger partial charge on any atom is 0.511 e. The molecule has 3 N–H and O–H groups in total. The fourth-order valence-electron chi connectivity index (χ4n) is 1.95. The van der Waals surface area contributed by atoms with E-state index in [0.29, 0.717) is 5.75 Å². The highest BCUT2D eigenvalue weighted by Gasteiger charge is 2.11. The molecule has 0 unspecified atom stereocenters. The van der Waals surface area contributed by atoms with Crippen molar-refractivity contribution in [2.45, 2.75) is 32.4 Å². The number of hydrogen-bond acceptors (Lipinski definition) is 3. The molecule has 19 heavy (non-hydrogen) atoms. The minimum atomic E-state index is -1.30. The van der Waals surface area contributed by atoms with Crippen LogP contribution in [0.15, 0.2) is 30.5 Å². The van der Waals surface area contributed by atoms with Crippen LogP contribution in [0.5, 0.6) is 5.75 Å². The van der Waals surface area contributed by atoms with Crippen LogP contribution in [0.1, 0.15) is 20.3 Å². The summed E-state index contributed by atoms with van der Waals surface area (Å²) in [6, 6.07) is 7.17. The highest BCUT2D eigenvalue weighted by Crippen LogP contribution is 2.23. The largest absolute Gasteiger partial charge is 0.511 e. The van der Waals surface area contributed by atoms with E-state index in [1.54, 1.807) is 12.1 Å². The molecule has 2 aromatic rings. The van der Waals surface area contributed by atoms with Gasteiger partial charge < -0.3 is 20.1 Å². The predicted molar refractivity (Wildman–Crippen MR) is 73.5 cm³/mol. The fourth-order valence-corrected chi connectivity index (χ4v) is 1.95. The molecule has 5 heteroatoms. The summed E-state index contributed by atoms with van der Waals surface area (Å²) < 4.78 is 6.74. The van der Waals surface area contributed by atoms with E-state index in [1.807, 2.05) is 32.2 Å². The molecule has 2 rings (SSSR count). The van der Waals surface area contributed by atoms with Gasteiger partial charge in [0.15, 0.2) is 0 Å². The number of nitrogens with two attached hydrogens (primary N) is 1. The molecule has 0 aliphatic rings. The molecule has 0 aliphatic carbocycles. The zero-order valence-electron chi connectivity index (χ0n) is 11.1. The van der Waals surface area contributed by atoms with Crippen molar-refractivity contribution >= 4 is 17.1 Å². The molecule has 0 fully saturated rings. The van der Waals surface area contributed by atoms with E-state index in [4.69, 9.17) is 10.8 Å². The van der Waals surface area contributed by atoms with Gasteiger partial charge in [-0.1, -0.05) is 0 Å². The van der Waals surface area contributed by atoms with Crippen LogP contribution in [-0.2, 0) is 6.54 Å². The maximum absolute atomic E-state index is 10.5. The molecular formula is C14H18N2O3. The van der Waals surface area contributed by atoms with E-state index in [1.165, 1.54) is 0 Å². The number of carboxylic acid groups (broad SMARTS) is 1. The van der Waals surface area contributed by atoms with Crippen LogP contribution in [0.4, 0.5) is 4.79 Å². The predicted octanol–water partition coefficient (Wildman–Crippen LogP) is 2.83. The fraction of sp³-hybridized carbons (Fsp3) is 0.357. The average Bonchev–Trinajstić information content (AvgIpc) is 2.67. The van der Waals surface area contributed by atoms with Crippen molar-refractivity contribution in [1.29, 1.82) is 0 Å². The van der Waals surface area contributed by atoms with Crippen LogP contribution in [0.3, 0.4) is 0 Å². The van der Waals surface area contributed by atoms with E-state index < -0.39 is 6.16 Å². The van der Waals surface area contributed by atoms with Crippen LogP contribution in [0.25, 0.3) is 10.9 Å². The van der Waals surface area contributed by atoms with Crippen LogP contribution in [0.2, 0.25) is 0 Å². The van der Waals surface area contributed by atoms with Crippen molar-refractivity contribution in [2.75, 3.05) is 0 Å². The smallest absolute Gasteiger partial charge is 0.449 e. The Hall–Kier alpha value is -2.01. The van der Waals surface area contributed by atoms with Crippen LogP contribution in [0, 0.1) is 0 Å². The molecule has 1 heterocycles. The second kappa shape index (κ2) is 4.93. The third-order valence-electron chi connectivity index (χ3n) is 2.94. The van der Waals surface area contributed by atoms with Gasteiger partial charge in [-0.3, -0.25) is 0 Å². The number of fused-ring (bicyclic) bond motifs is 1. The number of aryl methyl sites for hydroxylation is 1. The van der Waals surface area contributed by atoms with Crippen molar-refractivity contribution in [3.05, 3.63) is 30.5 Å². The highest BCUT2D eigenvalue weighted by molar-refractivity contribution is 5.82. The second-order valence-corrected chi connectivity index (χ2v) is 5.34. The molecule has 5 nitrogen and oxygen atoms in total. The minimum absolute atomic E-state index is 0.205. The van der Waals surface area contributed by atoms with Gasteiger partial charge in [0, 0.05) is 29.2 Å². The van der Waals surface area contributed by atoms with Crippen LogP contribution < -0.4 is 10.5 Å². The SMILES string of the molecule is CC(C)(N)CCn1ccc2cc(OC(=O)O)ccc21. The lowest BCUT2D eigenvalue weighted by atomic mass is 10.0. The summed E-state index contributed by atoms with van der Waals surface area (Å²) in [6.45, 7) is 4.82. The van der Waals surface area contributed by atoms with E-state index in [0.717, 1.165) is 23.9 Å². The molecular weight excluding hydrogens is 244 g/mol. The summed E-state index contributed by atoms with van der Waals surface area (Å²) in [4.78, 5) is 10.5. The van der Waals surface area contributed by atoms with Gasteiger partial charge in [-0.15, -0.1) is 0 Å². The van der Waals surface area contributed by atoms with Crippen molar-refractivity contribution in [3.63, 3.8) is 0 Å². The lowest BCUT2D eigenvalue weighted by Gasteiger charge is -2.18. The highest BCUT2D eigenvalue weighted by atomic mass is 16.7. The average molecular weight is 262 g/mol. The summed E-state index contributed by atoms with van der Waals surface area (Å²) >= 11 is 0.